The molecule has 132 valence electrons. The van der Waals surface area contributed by atoms with Crippen molar-refractivity contribution in [3.05, 3.63) is 64.6 Å². The summed E-state index contributed by atoms with van der Waals surface area (Å²) < 4.78 is 22.4. The van der Waals surface area contributed by atoms with Crippen molar-refractivity contribution in [2.45, 2.75) is 4.90 Å². The summed E-state index contributed by atoms with van der Waals surface area (Å²) in [5.41, 5.74) is 3.13. The summed E-state index contributed by atoms with van der Waals surface area (Å²) >= 11 is 0. The number of nitrogens with one attached hydrogen (secondary N) is 2. The Bertz CT molecular complexity index is 1170. The number of H-pyrrole nitrogens is 1. The lowest BCUT2D eigenvalue weighted by atomic mass is 10.2. The van der Waals surface area contributed by atoms with Gasteiger partial charge in [-0.25, -0.2) is 18.5 Å². The lowest BCUT2D eigenvalue weighted by molar-refractivity contribution is -0.102. The average molecular weight is 371 g/mol. The van der Waals surface area contributed by atoms with E-state index in [0.717, 1.165) is 0 Å². The van der Waals surface area contributed by atoms with Crippen molar-refractivity contribution in [2.24, 2.45) is 10.2 Å². The van der Waals surface area contributed by atoms with Crippen LogP contribution in [0, 0.1) is 0 Å². The normalized spacial score (nSPS) is 12.1. The summed E-state index contributed by atoms with van der Waals surface area (Å²) in [5, 5.41) is 8.90. The minimum Gasteiger partial charge on any atom is -0.319 e. The molecule has 0 radical (unpaired) electrons. The van der Waals surface area contributed by atoms with Crippen LogP contribution >= 0.6 is 0 Å². The van der Waals surface area contributed by atoms with Crippen molar-refractivity contribution in [3.63, 3.8) is 0 Å². The number of primary sulfonamides is 1. The summed E-state index contributed by atoms with van der Waals surface area (Å²) in [5.74, 6) is 0. The Hall–Kier alpha value is -3.37. The molecule has 3 rings (SSSR count). The van der Waals surface area contributed by atoms with E-state index >= 15 is 0 Å². The van der Waals surface area contributed by atoms with Crippen LogP contribution in [0.15, 0.2) is 63.3 Å². The minimum atomic E-state index is -3.80. The molecule has 0 amide bonds. The molecule has 2 aromatic carbocycles. The number of carbonyl (C=O) groups is 1. The molecule has 1 heterocycles. The molecule has 0 aliphatic carbocycles. The highest BCUT2D eigenvalue weighted by Crippen LogP contribution is 2.13. The second-order valence-electron chi connectivity index (χ2n) is 5.23. The van der Waals surface area contributed by atoms with Crippen molar-refractivity contribution in [1.29, 1.82) is 0 Å². The molecule has 4 N–H and O–H groups in total. The van der Waals surface area contributed by atoms with E-state index in [2.05, 4.69) is 20.5 Å². The number of hydrazone groups is 1. The predicted octanol–water partition coefficient (Wildman–Crippen LogP) is 0.586. The van der Waals surface area contributed by atoms with E-state index in [-0.39, 0.29) is 16.3 Å². The third-order valence-electron chi connectivity index (χ3n) is 3.44. The monoisotopic (exact) mass is 371 g/mol. The smallest absolute Gasteiger partial charge is 0.276 e. The van der Waals surface area contributed by atoms with Gasteiger partial charge in [0.2, 0.25) is 10.0 Å². The van der Waals surface area contributed by atoms with Crippen LogP contribution in [0.2, 0.25) is 0 Å². The number of rotatable bonds is 5. The number of sulfonamides is 1. The molecule has 10 heteroatoms. The number of para-hydroxylation sites is 2. The number of aromatic amines is 1. The Morgan fingerprint density at radius 3 is 2.50 bits per heavy atom. The van der Waals surface area contributed by atoms with Gasteiger partial charge in [0.1, 0.15) is 0 Å². The molecular formula is C16H13N5O4S. The maximum Gasteiger partial charge on any atom is 0.276 e. The van der Waals surface area contributed by atoms with Gasteiger partial charge in [0.05, 0.1) is 21.6 Å². The van der Waals surface area contributed by atoms with Crippen molar-refractivity contribution in [1.82, 2.24) is 9.97 Å². The van der Waals surface area contributed by atoms with Crippen LogP contribution in [-0.4, -0.2) is 30.4 Å². The first kappa shape index (κ1) is 17.5. The summed E-state index contributed by atoms with van der Waals surface area (Å²) in [6, 6.07) is 12.3. The van der Waals surface area contributed by atoms with E-state index in [1.165, 1.54) is 24.3 Å². The number of aromatic nitrogens is 2. The Morgan fingerprint density at radius 2 is 1.85 bits per heavy atom. The Morgan fingerprint density at radius 1 is 1.15 bits per heavy atom. The lowest BCUT2D eigenvalue weighted by Crippen LogP contribution is -2.22. The fraction of sp³-hybridized carbons (Fsp3) is 0. The number of anilines is 1. The maximum absolute atomic E-state index is 12.1. The second kappa shape index (κ2) is 6.86. The van der Waals surface area contributed by atoms with Gasteiger partial charge in [0.25, 0.3) is 5.56 Å². The summed E-state index contributed by atoms with van der Waals surface area (Å²) in [6.45, 7) is 0. The Labute approximate surface area is 147 Å². The number of fused-ring (bicyclic) bond motifs is 1. The zero-order valence-electron chi connectivity index (χ0n) is 13.2. The molecule has 9 nitrogen and oxygen atoms in total. The van der Waals surface area contributed by atoms with Gasteiger partial charge in [-0.05, 0) is 36.4 Å². The second-order valence-corrected chi connectivity index (χ2v) is 6.79. The summed E-state index contributed by atoms with van der Waals surface area (Å²) in [6.07, 6.45) is 0.401. The first-order chi connectivity index (χ1) is 12.4. The number of aldehydes is 1. The largest absolute Gasteiger partial charge is 0.319 e. The number of hydrogen-bond donors (Lipinski definition) is 3. The van der Waals surface area contributed by atoms with E-state index in [4.69, 9.17) is 5.14 Å². The van der Waals surface area contributed by atoms with Crippen LogP contribution in [0.3, 0.4) is 0 Å². The standard InChI is InChI=1S/C16H13N5O4S/c17-26(24,25)11-7-5-10(6-8-11)20-21-14(9-22)15-16(23)19-13-4-2-1-3-12(13)18-15/h1-9,20H,(H,19,23)(H2,17,24,25). The fourth-order valence-corrected chi connectivity index (χ4v) is 2.70. The summed E-state index contributed by atoms with van der Waals surface area (Å²) in [7, 11) is -3.80. The van der Waals surface area contributed by atoms with Crippen molar-refractivity contribution < 1.29 is 13.2 Å². The van der Waals surface area contributed by atoms with Crippen LogP contribution in [0.5, 0.6) is 0 Å². The topological polar surface area (TPSA) is 147 Å². The Kier molecular flexibility index (Phi) is 4.61. The molecule has 0 atom stereocenters. The van der Waals surface area contributed by atoms with Crippen LogP contribution in [0.25, 0.3) is 11.0 Å². The van der Waals surface area contributed by atoms with Crippen LogP contribution < -0.4 is 16.1 Å². The zero-order valence-corrected chi connectivity index (χ0v) is 14.0. The molecule has 0 unspecified atom stereocenters. The molecule has 0 spiro atoms. The average Bonchev–Trinajstić information content (AvgIpc) is 2.62. The van der Waals surface area contributed by atoms with E-state index in [9.17, 15) is 18.0 Å². The first-order valence-electron chi connectivity index (χ1n) is 7.29. The molecule has 0 bridgehead atoms. The number of hydrogen-bond acceptors (Lipinski definition) is 7. The highest BCUT2D eigenvalue weighted by Gasteiger charge is 2.12. The van der Waals surface area contributed by atoms with Crippen molar-refractivity contribution in [2.75, 3.05) is 5.43 Å². The van der Waals surface area contributed by atoms with Gasteiger partial charge < -0.3 is 4.98 Å². The quantitative estimate of drug-likeness (QED) is 0.340. The first-order valence-corrected chi connectivity index (χ1v) is 8.84. The highest BCUT2D eigenvalue weighted by molar-refractivity contribution is 7.89. The molecule has 0 aliphatic rings. The third-order valence-corrected chi connectivity index (χ3v) is 4.37. The van der Waals surface area contributed by atoms with Crippen molar-refractivity contribution in [3.8, 4) is 0 Å². The highest BCUT2D eigenvalue weighted by atomic mass is 32.2. The van der Waals surface area contributed by atoms with E-state index in [1.807, 2.05) is 0 Å². The number of benzene rings is 2. The van der Waals surface area contributed by atoms with Crippen LogP contribution in [0.4, 0.5) is 5.69 Å². The van der Waals surface area contributed by atoms with Gasteiger partial charge in [0, 0.05) is 0 Å². The fourth-order valence-electron chi connectivity index (χ4n) is 2.18. The molecule has 0 saturated carbocycles. The molecule has 0 saturated heterocycles. The van der Waals surface area contributed by atoms with Gasteiger partial charge in [-0.3, -0.25) is 15.0 Å². The molecule has 1 aromatic heterocycles. The summed E-state index contributed by atoms with van der Waals surface area (Å²) in [4.78, 5) is 30.2. The van der Waals surface area contributed by atoms with Crippen LogP contribution in [0.1, 0.15) is 5.69 Å². The maximum atomic E-state index is 12.1. The molecule has 26 heavy (non-hydrogen) atoms. The number of nitrogens with two attached hydrogens (primary N) is 1. The Balaban J connectivity index is 1.93. The minimum absolute atomic E-state index is 0.0599. The molecule has 3 aromatic rings. The van der Waals surface area contributed by atoms with Gasteiger partial charge in [-0.15, -0.1) is 0 Å². The van der Waals surface area contributed by atoms with Crippen molar-refractivity contribution >= 4 is 38.7 Å². The van der Waals surface area contributed by atoms with Gasteiger partial charge in [-0.1, -0.05) is 12.1 Å². The van der Waals surface area contributed by atoms with Gasteiger partial charge >= 0.3 is 0 Å². The molecule has 0 aliphatic heterocycles. The van der Waals surface area contributed by atoms with E-state index < -0.39 is 15.6 Å². The predicted molar refractivity (Wildman–Crippen MR) is 96.4 cm³/mol. The van der Waals surface area contributed by atoms with E-state index in [1.54, 1.807) is 24.3 Å². The van der Waals surface area contributed by atoms with Crippen LogP contribution in [-0.2, 0) is 14.8 Å². The zero-order chi connectivity index (χ0) is 18.7. The SMILES string of the molecule is NS(=O)(=O)c1ccc(NN=C(C=O)c2nc3ccccc3[nH]c2=O)cc1. The molecular weight excluding hydrogens is 358 g/mol. The molecule has 0 fully saturated rings. The van der Waals surface area contributed by atoms with Gasteiger partial charge in [0.15, 0.2) is 17.7 Å². The number of nitrogens with zero attached hydrogens (tertiary/aromatic N) is 2. The lowest BCUT2D eigenvalue weighted by Gasteiger charge is -2.04. The van der Waals surface area contributed by atoms with E-state index in [0.29, 0.717) is 23.0 Å². The van der Waals surface area contributed by atoms with Gasteiger partial charge in [-0.2, -0.15) is 5.10 Å². The number of carbonyl (C=O) groups excluding carboxylic acids is 1. The third kappa shape index (κ3) is 3.66.